The van der Waals surface area contributed by atoms with E-state index in [9.17, 15) is 4.79 Å². The normalized spacial score (nSPS) is 13.6. The first-order chi connectivity index (χ1) is 9.25. The first kappa shape index (κ1) is 12.9. The number of Topliss-reactive ketones (excluding diaryl/α,β-unsaturated/α-hetero) is 1. The van der Waals surface area contributed by atoms with Crippen LogP contribution in [0.25, 0.3) is 0 Å². The molecule has 0 saturated heterocycles. The van der Waals surface area contributed by atoms with E-state index in [0.717, 1.165) is 27.1 Å². The fraction of sp³-hybridized carbons (Fsp3) is 0.188. The van der Waals surface area contributed by atoms with Gasteiger partial charge in [-0.3, -0.25) is 4.79 Å². The van der Waals surface area contributed by atoms with E-state index in [1.807, 2.05) is 18.2 Å². The Kier molecular flexibility index (Phi) is 3.76. The predicted molar refractivity (Wildman–Crippen MR) is 82.8 cm³/mol. The van der Waals surface area contributed by atoms with Gasteiger partial charge in [-0.25, -0.2) is 0 Å². The van der Waals surface area contributed by atoms with E-state index in [1.54, 1.807) is 11.8 Å². The van der Waals surface area contributed by atoms with Gasteiger partial charge in [-0.05, 0) is 29.7 Å². The van der Waals surface area contributed by atoms with Gasteiger partial charge >= 0.3 is 0 Å². The van der Waals surface area contributed by atoms with E-state index in [1.165, 1.54) is 11.1 Å². The Hall–Kier alpha value is -1.06. The van der Waals surface area contributed by atoms with Gasteiger partial charge in [0.05, 0.1) is 0 Å². The molecule has 0 aliphatic heterocycles. The smallest absolute Gasteiger partial charge is 0.164 e. The number of fused-ring (bicyclic) bond motifs is 1. The van der Waals surface area contributed by atoms with Gasteiger partial charge in [-0.2, -0.15) is 0 Å². The number of thioether (sulfide) groups is 1. The molecule has 0 amide bonds. The minimum Gasteiger partial charge on any atom is -0.294 e. The lowest BCUT2D eigenvalue weighted by molar-refractivity contribution is 0.0992. The van der Waals surface area contributed by atoms with Crippen LogP contribution < -0.4 is 0 Å². The van der Waals surface area contributed by atoms with Crippen molar-refractivity contribution in [3.8, 4) is 0 Å². The molecular formula is C16H13BrOS. The van der Waals surface area contributed by atoms with Crippen molar-refractivity contribution in [3.63, 3.8) is 0 Å². The zero-order chi connectivity index (χ0) is 13.2. The van der Waals surface area contributed by atoms with Crippen LogP contribution in [0.2, 0.25) is 0 Å². The molecule has 0 bridgehead atoms. The summed E-state index contributed by atoms with van der Waals surface area (Å²) in [5.74, 6) is 1.19. The fourth-order valence-corrected chi connectivity index (χ4v) is 3.96. The summed E-state index contributed by atoms with van der Waals surface area (Å²) in [5, 5.41) is 0. The number of carbonyl (C=O) groups excluding carboxylic acids is 1. The van der Waals surface area contributed by atoms with Crippen molar-refractivity contribution in [2.45, 2.75) is 23.5 Å². The average molecular weight is 333 g/mol. The Bertz CT molecular complexity index is 622. The van der Waals surface area contributed by atoms with Crippen LogP contribution in [-0.4, -0.2) is 5.78 Å². The number of benzene rings is 2. The molecule has 1 aliphatic carbocycles. The highest BCUT2D eigenvalue weighted by Crippen LogP contribution is 2.37. The van der Waals surface area contributed by atoms with Crippen molar-refractivity contribution in [1.29, 1.82) is 0 Å². The van der Waals surface area contributed by atoms with Gasteiger partial charge in [0.2, 0.25) is 0 Å². The second-order valence-corrected chi connectivity index (χ2v) is 6.47. The van der Waals surface area contributed by atoms with Crippen LogP contribution >= 0.6 is 27.7 Å². The summed E-state index contributed by atoms with van der Waals surface area (Å²) in [4.78, 5) is 13.1. The van der Waals surface area contributed by atoms with Crippen molar-refractivity contribution in [3.05, 3.63) is 63.6 Å². The Labute approximate surface area is 125 Å². The minimum absolute atomic E-state index is 0.284. The lowest BCUT2D eigenvalue weighted by Gasteiger charge is -2.09. The minimum atomic E-state index is 0.284. The number of hydrogen-bond donors (Lipinski definition) is 0. The fourth-order valence-electron chi connectivity index (χ4n) is 2.37. The molecule has 0 radical (unpaired) electrons. The molecule has 2 aromatic carbocycles. The molecule has 0 fully saturated rings. The maximum absolute atomic E-state index is 12.0. The van der Waals surface area contributed by atoms with Crippen LogP contribution in [0, 0.1) is 0 Å². The lowest BCUT2D eigenvalue weighted by atomic mass is 10.1. The molecule has 19 heavy (non-hydrogen) atoms. The number of ketones is 1. The van der Waals surface area contributed by atoms with E-state index in [4.69, 9.17) is 0 Å². The average Bonchev–Trinajstić information content (AvgIpc) is 2.83. The van der Waals surface area contributed by atoms with Crippen LogP contribution in [0.5, 0.6) is 0 Å². The quantitative estimate of drug-likeness (QED) is 0.746. The van der Waals surface area contributed by atoms with Gasteiger partial charge in [-0.1, -0.05) is 46.3 Å². The topological polar surface area (TPSA) is 17.1 Å². The molecule has 0 aromatic heterocycles. The van der Waals surface area contributed by atoms with Crippen molar-refractivity contribution >= 4 is 33.5 Å². The second-order valence-electron chi connectivity index (χ2n) is 4.60. The van der Waals surface area contributed by atoms with Gasteiger partial charge in [0.15, 0.2) is 5.78 Å². The van der Waals surface area contributed by atoms with Crippen molar-refractivity contribution < 1.29 is 4.79 Å². The monoisotopic (exact) mass is 332 g/mol. The molecule has 0 heterocycles. The maximum Gasteiger partial charge on any atom is 0.164 e. The van der Waals surface area contributed by atoms with Crippen LogP contribution in [0.1, 0.15) is 27.9 Å². The summed E-state index contributed by atoms with van der Waals surface area (Å²) in [6.45, 7) is 0. The van der Waals surface area contributed by atoms with Gasteiger partial charge in [-0.15, -0.1) is 11.8 Å². The van der Waals surface area contributed by atoms with Gasteiger partial charge in [0.25, 0.3) is 0 Å². The summed E-state index contributed by atoms with van der Waals surface area (Å²) in [5.41, 5.74) is 3.41. The van der Waals surface area contributed by atoms with E-state index < -0.39 is 0 Å². The zero-order valence-electron chi connectivity index (χ0n) is 10.4. The highest BCUT2D eigenvalue weighted by atomic mass is 79.9. The second kappa shape index (κ2) is 5.51. The van der Waals surface area contributed by atoms with Crippen molar-refractivity contribution in [2.24, 2.45) is 0 Å². The molecule has 96 valence electrons. The van der Waals surface area contributed by atoms with Crippen molar-refractivity contribution in [2.75, 3.05) is 0 Å². The molecular weight excluding hydrogens is 320 g/mol. The first-order valence-corrected chi connectivity index (χ1v) is 8.05. The van der Waals surface area contributed by atoms with Crippen LogP contribution in [0.3, 0.4) is 0 Å². The highest BCUT2D eigenvalue weighted by Gasteiger charge is 2.25. The molecule has 1 aliphatic rings. The standard InChI is InChI=1S/C16H13BrOS/c17-13-7-9-15(16-12(13)6-8-14(16)18)19-10-11-4-2-1-3-5-11/h1-5,7,9H,6,8,10H2. The summed E-state index contributed by atoms with van der Waals surface area (Å²) in [7, 11) is 0. The number of carbonyl (C=O) groups is 1. The van der Waals surface area contributed by atoms with Crippen molar-refractivity contribution in [1.82, 2.24) is 0 Å². The Morgan fingerprint density at radius 2 is 1.84 bits per heavy atom. The molecule has 0 N–H and O–H groups in total. The number of rotatable bonds is 3. The highest BCUT2D eigenvalue weighted by molar-refractivity contribution is 9.10. The summed E-state index contributed by atoms with van der Waals surface area (Å²) in [6, 6.07) is 14.5. The van der Waals surface area contributed by atoms with Crippen LogP contribution in [0.15, 0.2) is 51.8 Å². The van der Waals surface area contributed by atoms with Crippen LogP contribution in [0.4, 0.5) is 0 Å². The number of hydrogen-bond acceptors (Lipinski definition) is 2. The molecule has 2 aromatic rings. The molecule has 3 rings (SSSR count). The molecule has 3 heteroatoms. The molecule has 0 unspecified atom stereocenters. The molecule has 1 nitrogen and oxygen atoms in total. The summed E-state index contributed by atoms with van der Waals surface area (Å²) >= 11 is 5.29. The molecule has 0 saturated carbocycles. The van der Waals surface area contributed by atoms with E-state index >= 15 is 0 Å². The van der Waals surface area contributed by atoms with E-state index in [-0.39, 0.29) is 5.78 Å². The molecule has 0 spiro atoms. The number of halogens is 1. The Balaban J connectivity index is 1.87. The zero-order valence-corrected chi connectivity index (χ0v) is 12.8. The first-order valence-electron chi connectivity index (χ1n) is 6.27. The SMILES string of the molecule is O=C1CCc2c(Br)ccc(SCc3ccccc3)c21. The van der Waals surface area contributed by atoms with Crippen LogP contribution in [-0.2, 0) is 12.2 Å². The third kappa shape index (κ3) is 2.63. The van der Waals surface area contributed by atoms with Gasteiger partial charge in [0, 0.05) is 27.1 Å². The molecule has 0 atom stereocenters. The Morgan fingerprint density at radius 1 is 1.05 bits per heavy atom. The lowest BCUT2D eigenvalue weighted by Crippen LogP contribution is -1.95. The summed E-state index contributed by atoms with van der Waals surface area (Å²) < 4.78 is 1.07. The van der Waals surface area contributed by atoms with E-state index in [0.29, 0.717) is 6.42 Å². The summed E-state index contributed by atoms with van der Waals surface area (Å²) in [6.07, 6.45) is 1.52. The maximum atomic E-state index is 12.0. The van der Waals surface area contributed by atoms with Gasteiger partial charge < -0.3 is 0 Å². The van der Waals surface area contributed by atoms with Gasteiger partial charge in [0.1, 0.15) is 0 Å². The Morgan fingerprint density at radius 3 is 2.63 bits per heavy atom. The third-order valence-corrected chi connectivity index (χ3v) is 5.21. The predicted octanol–water partition coefficient (Wildman–Crippen LogP) is 4.87. The largest absolute Gasteiger partial charge is 0.294 e. The third-order valence-electron chi connectivity index (χ3n) is 3.34. The van der Waals surface area contributed by atoms with E-state index in [2.05, 4.69) is 40.2 Å².